The molecule has 0 atom stereocenters. The Morgan fingerprint density at radius 2 is 1.90 bits per heavy atom. The molecule has 0 spiro atoms. The molecule has 0 fully saturated rings. The molecule has 2 aromatic rings. The van der Waals surface area contributed by atoms with E-state index < -0.39 is 0 Å². The summed E-state index contributed by atoms with van der Waals surface area (Å²) in [5.74, 6) is 1.17. The molecule has 7 nitrogen and oxygen atoms in total. The third kappa shape index (κ3) is 8.16. The van der Waals surface area contributed by atoms with Crippen molar-refractivity contribution in [2.75, 3.05) is 20.6 Å². The fourth-order valence-electron chi connectivity index (χ4n) is 3.31. The summed E-state index contributed by atoms with van der Waals surface area (Å²) < 4.78 is 1.87. The van der Waals surface area contributed by atoms with Crippen LogP contribution >= 0.6 is 24.0 Å². The van der Waals surface area contributed by atoms with Crippen molar-refractivity contribution in [1.29, 1.82) is 0 Å². The van der Waals surface area contributed by atoms with Gasteiger partial charge in [0.2, 0.25) is 0 Å². The number of aromatic nitrogens is 2. The Bertz CT molecular complexity index is 844. The maximum absolute atomic E-state index is 12.1. The number of unbranched alkanes of at least 4 members (excludes halogenated alkanes) is 1. The standard InChI is InChI=1S/C23H36N6O.HI/c1-7-8-13-25-22(30)19-11-9-18(10-12-19)14-26-23(24-4)28(5)15-20-16-29(6)27-21(20)17(2)3;/h9-12,16-17H,7-8,13-15H2,1-6H3,(H,24,26)(H,25,30);1H. The van der Waals surface area contributed by atoms with Gasteiger partial charge in [-0.15, -0.1) is 24.0 Å². The maximum Gasteiger partial charge on any atom is 0.251 e. The molecule has 0 aliphatic rings. The van der Waals surface area contributed by atoms with Crippen molar-refractivity contribution >= 4 is 35.8 Å². The van der Waals surface area contributed by atoms with Crippen LogP contribution in [-0.2, 0) is 20.1 Å². The van der Waals surface area contributed by atoms with Gasteiger partial charge in [-0.3, -0.25) is 14.5 Å². The second-order valence-electron chi connectivity index (χ2n) is 7.93. The van der Waals surface area contributed by atoms with E-state index in [-0.39, 0.29) is 29.9 Å². The number of rotatable bonds is 9. The number of aryl methyl sites for hydroxylation is 1. The van der Waals surface area contributed by atoms with E-state index >= 15 is 0 Å². The molecule has 8 heteroatoms. The number of halogens is 1. The molecule has 0 bridgehead atoms. The Kier molecular flexibility index (Phi) is 11.6. The highest BCUT2D eigenvalue weighted by Crippen LogP contribution is 2.18. The van der Waals surface area contributed by atoms with Crippen LogP contribution in [0.3, 0.4) is 0 Å². The quantitative estimate of drug-likeness (QED) is 0.219. The van der Waals surface area contributed by atoms with Crippen LogP contribution in [0.4, 0.5) is 0 Å². The van der Waals surface area contributed by atoms with Crippen LogP contribution < -0.4 is 10.6 Å². The lowest BCUT2D eigenvalue weighted by Gasteiger charge is -2.22. The van der Waals surface area contributed by atoms with Crippen LogP contribution in [0.1, 0.15) is 66.7 Å². The van der Waals surface area contributed by atoms with E-state index in [4.69, 9.17) is 0 Å². The number of nitrogens with one attached hydrogen (secondary N) is 2. The third-order valence-electron chi connectivity index (χ3n) is 4.95. The third-order valence-corrected chi connectivity index (χ3v) is 4.95. The van der Waals surface area contributed by atoms with Crippen molar-refractivity contribution in [2.45, 2.75) is 52.6 Å². The highest BCUT2D eigenvalue weighted by atomic mass is 127. The first kappa shape index (κ1) is 26.9. The summed E-state index contributed by atoms with van der Waals surface area (Å²) in [4.78, 5) is 18.6. The molecular formula is C23H37IN6O. The highest BCUT2D eigenvalue weighted by molar-refractivity contribution is 14.0. The molecule has 31 heavy (non-hydrogen) atoms. The predicted octanol–water partition coefficient (Wildman–Crippen LogP) is 3.90. The Balaban J connectivity index is 0.00000480. The lowest BCUT2D eigenvalue weighted by Crippen LogP contribution is -2.38. The van der Waals surface area contributed by atoms with Gasteiger partial charge in [-0.1, -0.05) is 39.3 Å². The summed E-state index contributed by atoms with van der Waals surface area (Å²) in [5, 5.41) is 10.9. The van der Waals surface area contributed by atoms with Crippen LogP contribution in [0.5, 0.6) is 0 Å². The summed E-state index contributed by atoms with van der Waals surface area (Å²) in [6.07, 6.45) is 4.14. The Morgan fingerprint density at radius 1 is 1.23 bits per heavy atom. The average molecular weight is 540 g/mol. The van der Waals surface area contributed by atoms with Gasteiger partial charge in [0.25, 0.3) is 5.91 Å². The van der Waals surface area contributed by atoms with E-state index in [9.17, 15) is 4.79 Å². The predicted molar refractivity (Wildman–Crippen MR) is 138 cm³/mol. The Morgan fingerprint density at radius 3 is 2.48 bits per heavy atom. The van der Waals surface area contributed by atoms with Crippen molar-refractivity contribution in [3.63, 3.8) is 0 Å². The molecule has 0 aliphatic heterocycles. The van der Waals surface area contributed by atoms with E-state index in [1.54, 1.807) is 7.05 Å². The van der Waals surface area contributed by atoms with E-state index in [2.05, 4.69) is 52.6 Å². The first-order chi connectivity index (χ1) is 14.3. The lowest BCUT2D eigenvalue weighted by molar-refractivity contribution is 0.0953. The lowest BCUT2D eigenvalue weighted by atomic mass is 10.1. The van der Waals surface area contributed by atoms with Gasteiger partial charge >= 0.3 is 0 Å². The number of benzene rings is 1. The van der Waals surface area contributed by atoms with Crippen molar-refractivity contribution in [3.05, 3.63) is 52.8 Å². The molecular weight excluding hydrogens is 503 g/mol. The van der Waals surface area contributed by atoms with Crippen molar-refractivity contribution in [2.24, 2.45) is 12.0 Å². The molecule has 0 unspecified atom stereocenters. The average Bonchev–Trinajstić information content (AvgIpc) is 3.09. The molecule has 2 N–H and O–H groups in total. The van der Waals surface area contributed by atoms with E-state index in [0.29, 0.717) is 18.0 Å². The zero-order valence-corrected chi connectivity index (χ0v) is 21.9. The van der Waals surface area contributed by atoms with Crippen LogP contribution in [0.2, 0.25) is 0 Å². The van der Waals surface area contributed by atoms with Crippen molar-refractivity contribution in [1.82, 2.24) is 25.3 Å². The van der Waals surface area contributed by atoms with E-state index in [0.717, 1.165) is 43.1 Å². The number of guanidine groups is 1. The van der Waals surface area contributed by atoms with Gasteiger partial charge < -0.3 is 15.5 Å². The van der Waals surface area contributed by atoms with Gasteiger partial charge in [-0.05, 0) is 30.0 Å². The van der Waals surface area contributed by atoms with E-state index in [1.807, 2.05) is 43.0 Å². The summed E-state index contributed by atoms with van der Waals surface area (Å²) in [7, 11) is 5.77. The second-order valence-corrected chi connectivity index (χ2v) is 7.93. The molecule has 0 saturated carbocycles. The molecule has 0 radical (unpaired) electrons. The fraction of sp³-hybridized carbons (Fsp3) is 0.522. The summed E-state index contributed by atoms with van der Waals surface area (Å²) >= 11 is 0. The smallest absolute Gasteiger partial charge is 0.251 e. The molecule has 172 valence electrons. The summed E-state index contributed by atoms with van der Waals surface area (Å²) in [5.41, 5.74) is 4.11. The highest BCUT2D eigenvalue weighted by Gasteiger charge is 2.15. The molecule has 2 rings (SSSR count). The molecule has 1 aromatic carbocycles. The zero-order chi connectivity index (χ0) is 22.1. The van der Waals surface area contributed by atoms with Crippen LogP contribution in [0, 0.1) is 0 Å². The monoisotopic (exact) mass is 540 g/mol. The Hall–Kier alpha value is -2.10. The van der Waals surface area contributed by atoms with Gasteiger partial charge in [0.1, 0.15) is 0 Å². The number of nitrogens with zero attached hydrogens (tertiary/aromatic N) is 4. The fourth-order valence-corrected chi connectivity index (χ4v) is 3.31. The van der Waals surface area contributed by atoms with Crippen LogP contribution in [0.25, 0.3) is 0 Å². The van der Waals surface area contributed by atoms with Crippen LogP contribution in [-0.4, -0.2) is 47.2 Å². The molecule has 1 aromatic heterocycles. The minimum absolute atomic E-state index is 0. The first-order valence-corrected chi connectivity index (χ1v) is 10.7. The SMILES string of the molecule is CCCCNC(=O)c1ccc(CNC(=NC)N(C)Cc2cn(C)nc2C(C)C)cc1.I. The van der Waals surface area contributed by atoms with Crippen molar-refractivity contribution < 1.29 is 4.79 Å². The minimum Gasteiger partial charge on any atom is -0.352 e. The number of carbonyl (C=O) groups excluding carboxylic acids is 1. The van der Waals surface area contributed by atoms with Gasteiger partial charge in [0.05, 0.1) is 5.69 Å². The number of aliphatic imine (C=N–C) groups is 1. The summed E-state index contributed by atoms with van der Waals surface area (Å²) in [6, 6.07) is 7.70. The zero-order valence-electron chi connectivity index (χ0n) is 19.6. The van der Waals surface area contributed by atoms with Gasteiger partial charge in [0.15, 0.2) is 5.96 Å². The molecule has 0 saturated heterocycles. The number of carbonyl (C=O) groups is 1. The Labute approximate surface area is 203 Å². The number of amides is 1. The first-order valence-electron chi connectivity index (χ1n) is 10.7. The maximum atomic E-state index is 12.1. The van der Waals surface area contributed by atoms with Gasteiger partial charge in [-0.25, -0.2) is 0 Å². The second kappa shape index (κ2) is 13.3. The topological polar surface area (TPSA) is 74.6 Å². The van der Waals surface area contributed by atoms with Gasteiger partial charge in [0, 0.05) is 58.1 Å². The summed E-state index contributed by atoms with van der Waals surface area (Å²) in [6.45, 7) is 8.52. The minimum atomic E-state index is -0.0177. The molecule has 1 amide bonds. The molecule has 0 aliphatic carbocycles. The largest absolute Gasteiger partial charge is 0.352 e. The van der Waals surface area contributed by atoms with Crippen LogP contribution in [0.15, 0.2) is 35.5 Å². The molecule has 1 heterocycles. The number of hydrogen-bond acceptors (Lipinski definition) is 3. The number of hydrogen-bond donors (Lipinski definition) is 2. The van der Waals surface area contributed by atoms with E-state index in [1.165, 1.54) is 5.56 Å². The normalized spacial score (nSPS) is 11.3. The van der Waals surface area contributed by atoms with Crippen molar-refractivity contribution in [3.8, 4) is 0 Å². The van der Waals surface area contributed by atoms with Gasteiger partial charge in [-0.2, -0.15) is 5.10 Å².